The third-order valence-electron chi connectivity index (χ3n) is 2.35. The van der Waals surface area contributed by atoms with Gasteiger partial charge in [0.15, 0.2) is 9.84 Å². The topological polar surface area (TPSA) is 67.5 Å². The Morgan fingerprint density at radius 3 is 2.41 bits per heavy atom. The molecule has 0 bridgehead atoms. The van der Waals surface area contributed by atoms with Crippen LogP contribution in [0.3, 0.4) is 0 Å². The Morgan fingerprint density at radius 1 is 1.12 bits per heavy atom. The van der Waals surface area contributed by atoms with Gasteiger partial charge >= 0.3 is 0 Å². The monoisotopic (exact) mass is 252 g/mol. The van der Waals surface area contributed by atoms with Gasteiger partial charge in [-0.05, 0) is 24.3 Å². The van der Waals surface area contributed by atoms with Crippen LogP contribution in [-0.4, -0.2) is 19.3 Å². The van der Waals surface area contributed by atoms with Crippen molar-refractivity contribution in [2.75, 3.05) is 5.75 Å². The number of hydrogen-bond donors (Lipinski definition) is 1. The van der Waals surface area contributed by atoms with Gasteiger partial charge in [-0.1, -0.05) is 18.2 Å². The smallest absolute Gasteiger partial charge is 0.181 e. The summed E-state index contributed by atoms with van der Waals surface area (Å²) < 4.78 is 28.8. The molecule has 0 spiro atoms. The predicted molar refractivity (Wildman–Crippen MR) is 62.2 cm³/mol. The van der Waals surface area contributed by atoms with Crippen molar-refractivity contribution >= 4 is 9.84 Å². The maximum Gasteiger partial charge on any atom is 0.181 e. The summed E-state index contributed by atoms with van der Waals surface area (Å²) in [5, 5.41) is 9.73. The van der Waals surface area contributed by atoms with Crippen molar-refractivity contribution in [3.05, 3.63) is 54.5 Å². The molecular weight excluding hydrogens is 240 g/mol. The maximum atomic E-state index is 11.9. The number of rotatable bonds is 4. The molecule has 0 saturated carbocycles. The molecule has 5 heteroatoms. The molecule has 0 amide bonds. The largest absolute Gasteiger partial charge is 0.467 e. The van der Waals surface area contributed by atoms with E-state index >= 15 is 0 Å². The quantitative estimate of drug-likeness (QED) is 0.900. The second-order valence-electron chi connectivity index (χ2n) is 3.63. The lowest BCUT2D eigenvalue weighted by Gasteiger charge is -2.08. The number of hydrogen-bond acceptors (Lipinski definition) is 4. The number of aliphatic hydroxyl groups is 1. The highest BCUT2D eigenvalue weighted by Gasteiger charge is 2.22. The van der Waals surface area contributed by atoms with Crippen LogP contribution in [0, 0.1) is 0 Å². The standard InChI is InChI=1S/C12H12O4S/c13-11(12-7-4-8-16-12)9-17(14,15)10-5-2-1-3-6-10/h1-8,11,13H,9H2/t11-/m1/s1. The zero-order valence-electron chi connectivity index (χ0n) is 8.98. The van der Waals surface area contributed by atoms with E-state index in [1.165, 1.54) is 18.4 Å². The average Bonchev–Trinajstić information content (AvgIpc) is 2.83. The van der Waals surface area contributed by atoms with Crippen molar-refractivity contribution < 1.29 is 17.9 Å². The molecule has 90 valence electrons. The van der Waals surface area contributed by atoms with Crippen molar-refractivity contribution in [2.24, 2.45) is 0 Å². The van der Waals surface area contributed by atoms with Gasteiger partial charge in [-0.2, -0.15) is 0 Å². The second-order valence-corrected chi connectivity index (χ2v) is 5.66. The summed E-state index contributed by atoms with van der Waals surface area (Å²) in [6.45, 7) is 0. The SMILES string of the molecule is O=S(=O)(C[C@@H](O)c1ccco1)c1ccccc1. The number of aliphatic hydroxyl groups excluding tert-OH is 1. The van der Waals surface area contributed by atoms with E-state index in [1.807, 2.05) is 0 Å². The zero-order chi connectivity index (χ0) is 12.3. The molecule has 0 aliphatic rings. The van der Waals surface area contributed by atoms with E-state index in [1.54, 1.807) is 30.3 Å². The third-order valence-corrected chi connectivity index (χ3v) is 4.10. The van der Waals surface area contributed by atoms with Gasteiger partial charge in [0, 0.05) is 0 Å². The average molecular weight is 252 g/mol. The van der Waals surface area contributed by atoms with Crippen LogP contribution >= 0.6 is 0 Å². The summed E-state index contributed by atoms with van der Waals surface area (Å²) >= 11 is 0. The summed E-state index contributed by atoms with van der Waals surface area (Å²) in [4.78, 5) is 0.200. The Balaban J connectivity index is 2.19. The molecule has 2 rings (SSSR count). The van der Waals surface area contributed by atoms with Gasteiger partial charge in [-0.25, -0.2) is 8.42 Å². The fourth-order valence-electron chi connectivity index (χ4n) is 1.49. The van der Waals surface area contributed by atoms with Gasteiger partial charge < -0.3 is 9.52 Å². The first kappa shape index (κ1) is 11.9. The number of benzene rings is 1. The normalized spacial score (nSPS) is 13.5. The maximum absolute atomic E-state index is 11.9. The predicted octanol–water partition coefficient (Wildman–Crippen LogP) is 1.79. The molecule has 1 N–H and O–H groups in total. The molecule has 2 aromatic rings. The van der Waals surface area contributed by atoms with Crippen LogP contribution in [0.4, 0.5) is 0 Å². The first-order valence-corrected chi connectivity index (χ1v) is 6.74. The van der Waals surface area contributed by atoms with E-state index in [-0.39, 0.29) is 16.4 Å². The lowest BCUT2D eigenvalue weighted by atomic mass is 10.3. The Kier molecular flexibility index (Phi) is 3.31. The molecule has 0 unspecified atom stereocenters. The molecule has 1 heterocycles. The fourth-order valence-corrected chi connectivity index (χ4v) is 2.84. The summed E-state index contributed by atoms with van der Waals surface area (Å²) in [6, 6.07) is 11.2. The minimum absolute atomic E-state index is 0.200. The van der Waals surface area contributed by atoms with Gasteiger partial charge in [-0.15, -0.1) is 0 Å². The van der Waals surface area contributed by atoms with Crippen LogP contribution in [-0.2, 0) is 9.84 Å². The van der Waals surface area contributed by atoms with Gasteiger partial charge in [0.25, 0.3) is 0 Å². The molecule has 0 aliphatic carbocycles. The molecular formula is C12H12O4S. The van der Waals surface area contributed by atoms with E-state index in [9.17, 15) is 13.5 Å². The Morgan fingerprint density at radius 2 is 1.82 bits per heavy atom. The Labute approximate surface area is 99.4 Å². The summed E-state index contributed by atoms with van der Waals surface area (Å²) in [5.41, 5.74) is 0. The van der Waals surface area contributed by atoms with E-state index < -0.39 is 15.9 Å². The third kappa shape index (κ3) is 2.75. The highest BCUT2D eigenvalue weighted by molar-refractivity contribution is 7.91. The first-order valence-electron chi connectivity index (χ1n) is 5.09. The van der Waals surface area contributed by atoms with E-state index in [4.69, 9.17) is 4.42 Å². The summed E-state index contributed by atoms with van der Waals surface area (Å²) in [5.74, 6) is -0.130. The van der Waals surface area contributed by atoms with Crippen LogP contribution in [0.5, 0.6) is 0 Å². The van der Waals surface area contributed by atoms with Gasteiger partial charge in [0.1, 0.15) is 11.9 Å². The van der Waals surface area contributed by atoms with Crippen molar-refractivity contribution in [1.82, 2.24) is 0 Å². The van der Waals surface area contributed by atoms with Crippen molar-refractivity contribution in [2.45, 2.75) is 11.0 Å². The highest BCUT2D eigenvalue weighted by atomic mass is 32.2. The Bertz CT molecular complexity index is 558. The van der Waals surface area contributed by atoms with Gasteiger partial charge in [0.2, 0.25) is 0 Å². The summed E-state index contributed by atoms with van der Waals surface area (Å²) in [7, 11) is -3.50. The molecule has 4 nitrogen and oxygen atoms in total. The van der Waals surface area contributed by atoms with Crippen LogP contribution in [0.15, 0.2) is 58.0 Å². The first-order chi connectivity index (χ1) is 8.09. The molecule has 17 heavy (non-hydrogen) atoms. The van der Waals surface area contributed by atoms with Crippen LogP contribution in [0.1, 0.15) is 11.9 Å². The van der Waals surface area contributed by atoms with Crippen LogP contribution < -0.4 is 0 Å². The number of sulfone groups is 1. The molecule has 1 atom stereocenters. The van der Waals surface area contributed by atoms with E-state index in [2.05, 4.69) is 0 Å². The molecule has 0 fully saturated rings. The zero-order valence-corrected chi connectivity index (χ0v) is 9.80. The van der Waals surface area contributed by atoms with Crippen molar-refractivity contribution in [3.8, 4) is 0 Å². The molecule has 0 radical (unpaired) electrons. The number of furan rings is 1. The van der Waals surface area contributed by atoms with Crippen LogP contribution in [0.2, 0.25) is 0 Å². The Hall–Kier alpha value is -1.59. The lowest BCUT2D eigenvalue weighted by molar-refractivity contribution is 0.172. The second kappa shape index (κ2) is 4.73. The van der Waals surface area contributed by atoms with Crippen molar-refractivity contribution in [3.63, 3.8) is 0 Å². The van der Waals surface area contributed by atoms with E-state index in [0.29, 0.717) is 0 Å². The lowest BCUT2D eigenvalue weighted by Crippen LogP contribution is -2.14. The highest BCUT2D eigenvalue weighted by Crippen LogP contribution is 2.19. The molecule has 0 saturated heterocycles. The molecule has 0 aliphatic heterocycles. The minimum atomic E-state index is -3.50. The van der Waals surface area contributed by atoms with Gasteiger partial charge in [0.05, 0.1) is 16.9 Å². The minimum Gasteiger partial charge on any atom is -0.467 e. The fraction of sp³-hybridized carbons (Fsp3) is 0.167. The van der Waals surface area contributed by atoms with E-state index in [0.717, 1.165) is 0 Å². The van der Waals surface area contributed by atoms with Gasteiger partial charge in [-0.3, -0.25) is 0 Å². The van der Waals surface area contributed by atoms with Crippen molar-refractivity contribution in [1.29, 1.82) is 0 Å². The molecule has 1 aromatic heterocycles. The van der Waals surface area contributed by atoms with Crippen LogP contribution in [0.25, 0.3) is 0 Å². The molecule has 1 aromatic carbocycles. The summed E-state index contributed by atoms with van der Waals surface area (Å²) in [6.07, 6.45) is 0.253.